The lowest BCUT2D eigenvalue weighted by Gasteiger charge is -2.38. The van der Waals surface area contributed by atoms with Gasteiger partial charge in [-0.2, -0.15) is 4.80 Å². The maximum absolute atomic E-state index is 13.5. The van der Waals surface area contributed by atoms with Gasteiger partial charge in [-0.1, -0.05) is 30.3 Å². The number of halogens is 1. The summed E-state index contributed by atoms with van der Waals surface area (Å²) in [5.74, 6) is -0.291. The van der Waals surface area contributed by atoms with Crippen LogP contribution in [0.5, 0.6) is 0 Å². The van der Waals surface area contributed by atoms with E-state index in [0.29, 0.717) is 60.2 Å². The van der Waals surface area contributed by atoms with Crippen molar-refractivity contribution in [1.29, 1.82) is 0 Å². The van der Waals surface area contributed by atoms with Gasteiger partial charge in [0.05, 0.1) is 25.1 Å². The average Bonchev–Trinajstić information content (AvgIpc) is 3.41. The van der Waals surface area contributed by atoms with Crippen LogP contribution in [0.1, 0.15) is 34.3 Å². The number of hydrogen-bond donors (Lipinski definition) is 2. The normalized spacial score (nSPS) is 19.0. The van der Waals surface area contributed by atoms with E-state index in [2.05, 4.69) is 35.6 Å². The Morgan fingerprint density at radius 3 is 2.62 bits per heavy atom. The zero-order chi connectivity index (χ0) is 30.9. The molecule has 1 unspecified atom stereocenters. The Morgan fingerprint density at radius 1 is 1.07 bits per heavy atom. The van der Waals surface area contributed by atoms with E-state index >= 15 is 0 Å². The highest BCUT2D eigenvalue weighted by Crippen LogP contribution is 2.35. The minimum atomic E-state index is -1.07. The van der Waals surface area contributed by atoms with Crippen molar-refractivity contribution in [3.05, 3.63) is 83.9 Å². The summed E-state index contributed by atoms with van der Waals surface area (Å²) in [6.45, 7) is 2.28. The number of pyridine rings is 1. The predicted molar refractivity (Wildman–Crippen MR) is 160 cm³/mol. The first-order valence-corrected chi connectivity index (χ1v) is 14.8. The van der Waals surface area contributed by atoms with Crippen LogP contribution in [-0.2, 0) is 11.3 Å². The zero-order valence-corrected chi connectivity index (χ0v) is 24.2. The van der Waals surface area contributed by atoms with Gasteiger partial charge in [-0.05, 0) is 47.5 Å². The van der Waals surface area contributed by atoms with Gasteiger partial charge in [0.25, 0.3) is 5.91 Å². The summed E-state index contributed by atoms with van der Waals surface area (Å²) in [6, 6.07) is 18.1. The molecule has 0 radical (unpaired) electrons. The Hall–Kier alpha value is -5.08. The van der Waals surface area contributed by atoms with E-state index in [4.69, 9.17) is 4.42 Å². The minimum absolute atomic E-state index is 0.0852. The highest BCUT2D eigenvalue weighted by molar-refractivity contribution is 5.96. The van der Waals surface area contributed by atoms with E-state index in [9.17, 15) is 19.1 Å². The number of alkyl halides is 1. The fourth-order valence-corrected chi connectivity index (χ4v) is 5.53. The van der Waals surface area contributed by atoms with Gasteiger partial charge in [0.2, 0.25) is 11.8 Å². The standard InChI is InChI=1S/C31H30FN9O4/c32-23-18-22(23)29(43)34-21-6-7-26-24(17-21)35-30(45-26)20-8-9-33-25(16-20)31(44)40-12-10-39(11-13-40)27(19-4-2-1-3-5-19)28-36-38-41(37-28)14-15-42/h1-9,16-17,22-23,27,42H,10-15,18H2,(H,34,43)/t22-,23+,27?/m1/s1. The zero-order valence-electron chi connectivity index (χ0n) is 24.2. The van der Waals surface area contributed by atoms with Crippen molar-refractivity contribution in [2.45, 2.75) is 25.2 Å². The second kappa shape index (κ2) is 12.1. The van der Waals surface area contributed by atoms with Crippen molar-refractivity contribution >= 4 is 28.6 Å². The van der Waals surface area contributed by atoms with Crippen LogP contribution in [0.15, 0.2) is 71.3 Å². The summed E-state index contributed by atoms with van der Waals surface area (Å²) >= 11 is 0. The first kappa shape index (κ1) is 28.7. The molecule has 1 saturated heterocycles. The number of tetrazole rings is 1. The van der Waals surface area contributed by atoms with Crippen LogP contribution in [0.25, 0.3) is 22.6 Å². The largest absolute Gasteiger partial charge is 0.436 e. The molecule has 2 amide bonds. The maximum Gasteiger partial charge on any atom is 0.272 e. The average molecular weight is 612 g/mol. The fourth-order valence-electron chi connectivity index (χ4n) is 5.53. The van der Waals surface area contributed by atoms with Crippen LogP contribution in [0.2, 0.25) is 0 Å². The summed E-state index contributed by atoms with van der Waals surface area (Å²) in [5, 5.41) is 24.8. The molecule has 7 rings (SSSR count). The Kier molecular flexibility index (Phi) is 7.73. The lowest BCUT2D eigenvalue weighted by Crippen LogP contribution is -2.50. The molecule has 1 aliphatic heterocycles. The van der Waals surface area contributed by atoms with Crippen molar-refractivity contribution in [1.82, 2.24) is 40.0 Å². The van der Waals surface area contributed by atoms with Gasteiger partial charge in [0.15, 0.2) is 11.4 Å². The number of oxazole rings is 1. The molecule has 45 heavy (non-hydrogen) atoms. The molecule has 1 saturated carbocycles. The van der Waals surface area contributed by atoms with Crippen LogP contribution in [0.4, 0.5) is 10.1 Å². The van der Waals surface area contributed by atoms with E-state index in [1.165, 1.54) is 4.80 Å². The summed E-state index contributed by atoms with van der Waals surface area (Å²) in [7, 11) is 0. The maximum atomic E-state index is 13.5. The second-order valence-corrected chi connectivity index (χ2v) is 11.1. The molecule has 13 nitrogen and oxygen atoms in total. The number of rotatable bonds is 9. The number of fused-ring (bicyclic) bond motifs is 1. The van der Waals surface area contributed by atoms with Crippen LogP contribution < -0.4 is 5.32 Å². The molecule has 2 N–H and O–H groups in total. The lowest BCUT2D eigenvalue weighted by molar-refractivity contribution is -0.117. The van der Waals surface area contributed by atoms with Crippen molar-refractivity contribution in [2.24, 2.45) is 5.92 Å². The Labute approximate surface area is 256 Å². The molecule has 3 aromatic heterocycles. The third-order valence-electron chi connectivity index (χ3n) is 8.03. The Bertz CT molecular complexity index is 1840. The van der Waals surface area contributed by atoms with E-state index in [-0.39, 0.29) is 43.1 Å². The van der Waals surface area contributed by atoms with Crippen molar-refractivity contribution in [3.8, 4) is 11.5 Å². The van der Waals surface area contributed by atoms with Gasteiger partial charge >= 0.3 is 0 Å². The quantitative estimate of drug-likeness (QED) is 0.254. The molecule has 0 spiro atoms. The summed E-state index contributed by atoms with van der Waals surface area (Å²) in [5.41, 5.74) is 3.42. The van der Waals surface area contributed by atoms with E-state index in [1.807, 2.05) is 30.3 Å². The van der Waals surface area contributed by atoms with Gasteiger partial charge in [-0.15, -0.1) is 10.2 Å². The highest BCUT2D eigenvalue weighted by Gasteiger charge is 2.43. The van der Waals surface area contributed by atoms with Gasteiger partial charge in [0.1, 0.15) is 17.4 Å². The monoisotopic (exact) mass is 611 g/mol. The van der Waals surface area contributed by atoms with E-state index in [0.717, 1.165) is 5.56 Å². The number of aliphatic hydroxyl groups is 1. The topological polar surface area (TPSA) is 155 Å². The molecule has 3 atom stereocenters. The SMILES string of the molecule is O=C(Nc1ccc2oc(-c3ccnc(C(=O)N4CCN(C(c5ccccc5)c5nnn(CCO)n5)CC4)c3)nc2c1)[C@@H]1C[C@@H]1F. The number of nitrogens with one attached hydrogen (secondary N) is 1. The number of aliphatic hydroxyl groups excluding tert-OH is 1. The molecule has 230 valence electrons. The molecule has 4 heterocycles. The number of carbonyl (C=O) groups is 2. The molecule has 2 aliphatic rings. The Morgan fingerprint density at radius 2 is 1.87 bits per heavy atom. The number of amides is 2. The second-order valence-electron chi connectivity index (χ2n) is 11.1. The Balaban J connectivity index is 1.04. The number of hydrogen-bond acceptors (Lipinski definition) is 10. The van der Waals surface area contributed by atoms with E-state index in [1.54, 1.807) is 41.4 Å². The van der Waals surface area contributed by atoms with Crippen molar-refractivity contribution < 1.29 is 23.5 Å². The molecular weight excluding hydrogens is 581 g/mol. The molecule has 5 aromatic rings. The number of nitrogens with zero attached hydrogens (tertiary/aromatic N) is 8. The minimum Gasteiger partial charge on any atom is -0.436 e. The first-order chi connectivity index (χ1) is 22.0. The van der Waals surface area contributed by atoms with Crippen LogP contribution in [0.3, 0.4) is 0 Å². The van der Waals surface area contributed by atoms with Gasteiger partial charge < -0.3 is 19.7 Å². The van der Waals surface area contributed by atoms with Gasteiger partial charge in [0, 0.05) is 43.6 Å². The van der Waals surface area contributed by atoms with Crippen LogP contribution >= 0.6 is 0 Å². The number of carbonyl (C=O) groups excluding carboxylic acids is 2. The molecule has 2 fully saturated rings. The molecule has 0 bridgehead atoms. The van der Waals surface area contributed by atoms with Gasteiger partial charge in [-0.3, -0.25) is 19.5 Å². The molecule has 14 heteroatoms. The molecule has 1 aliphatic carbocycles. The fraction of sp³-hybridized carbons (Fsp3) is 0.323. The van der Waals surface area contributed by atoms with Gasteiger partial charge in [-0.25, -0.2) is 9.37 Å². The van der Waals surface area contributed by atoms with Crippen LogP contribution in [0, 0.1) is 5.92 Å². The summed E-state index contributed by atoms with van der Waals surface area (Å²) < 4.78 is 19.2. The summed E-state index contributed by atoms with van der Waals surface area (Å²) in [6.07, 6.45) is 0.729. The van der Waals surface area contributed by atoms with Crippen molar-refractivity contribution in [2.75, 3.05) is 38.1 Å². The van der Waals surface area contributed by atoms with E-state index < -0.39 is 12.1 Å². The molecular formula is C31H30FN9O4. The smallest absolute Gasteiger partial charge is 0.272 e. The third-order valence-corrected chi connectivity index (χ3v) is 8.03. The number of aromatic nitrogens is 6. The summed E-state index contributed by atoms with van der Waals surface area (Å²) in [4.78, 5) is 39.9. The lowest BCUT2D eigenvalue weighted by atomic mass is 10.0. The third kappa shape index (κ3) is 6.01. The number of piperazine rings is 1. The highest BCUT2D eigenvalue weighted by atomic mass is 19.1. The molecule has 2 aromatic carbocycles. The number of benzene rings is 2. The first-order valence-electron chi connectivity index (χ1n) is 14.8. The van der Waals surface area contributed by atoms with Crippen molar-refractivity contribution in [3.63, 3.8) is 0 Å². The number of anilines is 1. The van der Waals surface area contributed by atoms with Crippen LogP contribution in [-0.4, -0.2) is 95.9 Å². The predicted octanol–water partition coefficient (Wildman–Crippen LogP) is 2.71.